The first-order valence-corrected chi connectivity index (χ1v) is 10.6. The van der Waals surface area contributed by atoms with Crippen LogP contribution in [0.25, 0.3) is 0 Å². The third-order valence-corrected chi connectivity index (χ3v) is 4.73. The van der Waals surface area contributed by atoms with Crippen LogP contribution in [0.1, 0.15) is 24.0 Å². The molecule has 33 heavy (non-hydrogen) atoms. The molecule has 0 fully saturated rings. The number of alkyl carbamates (subject to hydrolysis) is 1. The van der Waals surface area contributed by atoms with Crippen LogP contribution in [0.4, 0.5) is 10.5 Å². The summed E-state index contributed by atoms with van der Waals surface area (Å²) < 4.78 is 10.6. The van der Waals surface area contributed by atoms with Crippen LogP contribution < -0.4 is 10.6 Å². The average Bonchev–Trinajstić information content (AvgIpc) is 2.85. The second-order valence-electron chi connectivity index (χ2n) is 7.30. The number of hydrogen-bond acceptors (Lipinski definition) is 5. The first-order valence-electron chi connectivity index (χ1n) is 10.6. The molecule has 0 bridgehead atoms. The van der Waals surface area contributed by atoms with Gasteiger partial charge in [-0.1, -0.05) is 78.9 Å². The molecule has 0 aliphatic rings. The normalized spacial score (nSPS) is 11.2. The largest absolute Gasteiger partial charge is 0.459 e. The molecule has 0 heterocycles. The van der Waals surface area contributed by atoms with Crippen LogP contribution in [0.5, 0.6) is 0 Å². The van der Waals surface area contributed by atoms with Crippen LogP contribution in [0.2, 0.25) is 0 Å². The maximum Gasteiger partial charge on any atom is 0.408 e. The van der Waals surface area contributed by atoms with Gasteiger partial charge in [0.05, 0.1) is 0 Å². The van der Waals surface area contributed by atoms with E-state index in [0.29, 0.717) is 5.69 Å². The van der Waals surface area contributed by atoms with Crippen molar-refractivity contribution in [1.82, 2.24) is 5.32 Å². The molecule has 0 saturated carbocycles. The highest BCUT2D eigenvalue weighted by Gasteiger charge is 2.24. The number of hydrogen-bond donors (Lipinski definition) is 2. The topological polar surface area (TPSA) is 93.7 Å². The van der Waals surface area contributed by atoms with Gasteiger partial charge in [-0.2, -0.15) is 0 Å². The van der Waals surface area contributed by atoms with Crippen molar-refractivity contribution in [2.24, 2.45) is 0 Å². The number of anilines is 1. The summed E-state index contributed by atoms with van der Waals surface area (Å²) in [5.74, 6) is -0.912. The van der Waals surface area contributed by atoms with E-state index in [-0.39, 0.29) is 32.0 Å². The lowest BCUT2D eigenvalue weighted by atomic mass is 10.1. The Morgan fingerprint density at radius 1 is 0.697 bits per heavy atom. The van der Waals surface area contributed by atoms with Gasteiger partial charge in [-0.25, -0.2) is 9.59 Å². The molecule has 3 rings (SSSR count). The summed E-state index contributed by atoms with van der Waals surface area (Å²) in [5, 5.41) is 5.29. The van der Waals surface area contributed by atoms with Crippen LogP contribution in [0.3, 0.4) is 0 Å². The third-order valence-electron chi connectivity index (χ3n) is 4.73. The number of ether oxygens (including phenoxy) is 2. The number of amides is 2. The standard InChI is InChI=1S/C26H26N2O5/c29-24(27-22-14-8-3-9-15-22)17-16-23(25(30)32-18-20-10-4-1-5-11-20)28-26(31)33-19-21-12-6-2-7-13-21/h1-15,23H,16-19H2,(H,27,29)(H,28,31)/t23-/m0/s1. The molecular weight excluding hydrogens is 420 g/mol. The summed E-state index contributed by atoms with van der Waals surface area (Å²) in [4.78, 5) is 37.3. The lowest BCUT2D eigenvalue weighted by Crippen LogP contribution is -2.42. The van der Waals surface area contributed by atoms with Gasteiger partial charge < -0.3 is 20.1 Å². The van der Waals surface area contributed by atoms with E-state index in [9.17, 15) is 14.4 Å². The maximum absolute atomic E-state index is 12.7. The fraction of sp³-hybridized carbons (Fsp3) is 0.192. The lowest BCUT2D eigenvalue weighted by molar-refractivity contribution is -0.147. The van der Waals surface area contributed by atoms with Crippen molar-refractivity contribution < 1.29 is 23.9 Å². The molecule has 3 aromatic rings. The molecule has 170 valence electrons. The van der Waals surface area contributed by atoms with Gasteiger partial charge in [0.15, 0.2) is 0 Å². The van der Waals surface area contributed by atoms with Crippen molar-refractivity contribution in [3.05, 3.63) is 102 Å². The Labute approximate surface area is 192 Å². The van der Waals surface area contributed by atoms with E-state index in [1.54, 1.807) is 12.1 Å². The Morgan fingerprint density at radius 2 is 1.21 bits per heavy atom. The minimum absolute atomic E-state index is 0.0129. The number of benzene rings is 3. The highest BCUT2D eigenvalue weighted by Crippen LogP contribution is 2.10. The first kappa shape index (κ1) is 23.5. The van der Waals surface area contributed by atoms with E-state index in [4.69, 9.17) is 9.47 Å². The van der Waals surface area contributed by atoms with Crippen molar-refractivity contribution in [3.63, 3.8) is 0 Å². The summed E-state index contributed by atoms with van der Waals surface area (Å²) >= 11 is 0. The molecule has 0 aromatic heterocycles. The van der Waals surface area contributed by atoms with Crippen LogP contribution in [0.15, 0.2) is 91.0 Å². The molecule has 7 heteroatoms. The molecule has 0 aliphatic carbocycles. The molecule has 2 N–H and O–H groups in total. The maximum atomic E-state index is 12.7. The zero-order valence-corrected chi connectivity index (χ0v) is 18.1. The minimum atomic E-state index is -1.03. The second kappa shape index (κ2) is 12.7. The van der Waals surface area contributed by atoms with Crippen molar-refractivity contribution in [2.75, 3.05) is 5.32 Å². The fourth-order valence-corrected chi connectivity index (χ4v) is 3.01. The van der Waals surface area contributed by atoms with Crippen molar-refractivity contribution >= 4 is 23.7 Å². The molecular formula is C26H26N2O5. The molecule has 7 nitrogen and oxygen atoms in total. The lowest BCUT2D eigenvalue weighted by Gasteiger charge is -2.18. The molecule has 0 saturated heterocycles. The number of para-hydroxylation sites is 1. The highest BCUT2D eigenvalue weighted by atomic mass is 16.6. The van der Waals surface area contributed by atoms with Crippen LogP contribution in [-0.4, -0.2) is 24.0 Å². The summed E-state index contributed by atoms with van der Waals surface area (Å²) in [7, 11) is 0. The minimum Gasteiger partial charge on any atom is -0.459 e. The zero-order valence-electron chi connectivity index (χ0n) is 18.1. The van der Waals surface area contributed by atoms with E-state index in [2.05, 4.69) is 10.6 Å². The van der Waals surface area contributed by atoms with Crippen molar-refractivity contribution in [3.8, 4) is 0 Å². The van der Waals surface area contributed by atoms with E-state index in [1.807, 2.05) is 78.9 Å². The summed E-state index contributed by atoms with van der Waals surface area (Å²) in [6.07, 6.45) is -0.685. The molecule has 0 radical (unpaired) electrons. The quantitative estimate of drug-likeness (QED) is 0.449. The molecule has 2 amide bonds. The average molecular weight is 447 g/mol. The van der Waals surface area contributed by atoms with Gasteiger partial charge in [0.25, 0.3) is 0 Å². The summed E-state index contributed by atoms with van der Waals surface area (Å²) in [6.45, 7) is 0.125. The third kappa shape index (κ3) is 8.49. The van der Waals surface area contributed by atoms with Gasteiger partial charge in [0, 0.05) is 12.1 Å². The van der Waals surface area contributed by atoms with Gasteiger partial charge in [0.1, 0.15) is 19.3 Å². The van der Waals surface area contributed by atoms with Gasteiger partial charge in [-0.05, 0) is 29.7 Å². The number of carbonyl (C=O) groups is 3. The Morgan fingerprint density at radius 3 is 1.79 bits per heavy atom. The Kier molecular flexibility index (Phi) is 9.03. The van der Waals surface area contributed by atoms with Crippen molar-refractivity contribution in [2.45, 2.75) is 32.1 Å². The van der Waals surface area contributed by atoms with Gasteiger partial charge >= 0.3 is 12.1 Å². The van der Waals surface area contributed by atoms with Gasteiger partial charge in [0.2, 0.25) is 5.91 Å². The van der Waals surface area contributed by atoms with E-state index < -0.39 is 18.1 Å². The molecule has 1 atom stereocenters. The van der Waals surface area contributed by atoms with Crippen molar-refractivity contribution in [1.29, 1.82) is 0 Å². The number of rotatable bonds is 10. The molecule has 0 aliphatic heterocycles. The fourth-order valence-electron chi connectivity index (χ4n) is 3.01. The van der Waals surface area contributed by atoms with Crippen LogP contribution in [0, 0.1) is 0 Å². The second-order valence-corrected chi connectivity index (χ2v) is 7.30. The van der Waals surface area contributed by atoms with E-state index >= 15 is 0 Å². The Bertz CT molecular complexity index is 1030. The highest BCUT2D eigenvalue weighted by molar-refractivity contribution is 5.91. The monoisotopic (exact) mass is 446 g/mol. The Balaban J connectivity index is 1.55. The molecule has 0 spiro atoms. The summed E-state index contributed by atoms with van der Waals surface area (Å²) in [6, 6.07) is 26.4. The van der Waals surface area contributed by atoms with Crippen LogP contribution >= 0.6 is 0 Å². The van der Waals surface area contributed by atoms with Gasteiger partial charge in [-0.3, -0.25) is 4.79 Å². The number of carbonyl (C=O) groups excluding carboxylic acids is 3. The molecule has 3 aromatic carbocycles. The number of esters is 1. The van der Waals surface area contributed by atoms with E-state index in [1.165, 1.54) is 0 Å². The summed E-state index contributed by atoms with van der Waals surface area (Å²) in [5.41, 5.74) is 2.29. The van der Waals surface area contributed by atoms with E-state index in [0.717, 1.165) is 11.1 Å². The number of nitrogens with one attached hydrogen (secondary N) is 2. The predicted octanol–water partition coefficient (Wildman–Crippen LogP) is 4.44. The van der Waals surface area contributed by atoms with Crippen LogP contribution in [-0.2, 0) is 32.3 Å². The predicted molar refractivity (Wildman–Crippen MR) is 124 cm³/mol. The first-order chi connectivity index (χ1) is 16.1. The Hall–Kier alpha value is -4.13. The molecule has 0 unspecified atom stereocenters. The SMILES string of the molecule is O=C(CC[C@H](NC(=O)OCc1ccccc1)C(=O)OCc1ccccc1)Nc1ccccc1. The smallest absolute Gasteiger partial charge is 0.408 e. The zero-order chi connectivity index (χ0) is 23.3. The van der Waals surface area contributed by atoms with Gasteiger partial charge in [-0.15, -0.1) is 0 Å².